The summed E-state index contributed by atoms with van der Waals surface area (Å²) in [7, 11) is 1.50. The lowest BCUT2D eigenvalue weighted by atomic mass is 9.70. The van der Waals surface area contributed by atoms with Gasteiger partial charge in [-0.25, -0.2) is 0 Å². The van der Waals surface area contributed by atoms with Gasteiger partial charge in [-0.15, -0.1) is 13.2 Å². The average Bonchev–Trinajstić information content (AvgIpc) is 3.78. The molecular weight excluding hydrogens is 754 g/mol. The molecule has 3 aliphatic rings. The summed E-state index contributed by atoms with van der Waals surface area (Å²) in [4.78, 5) is 60.2. The number of nitrogens with one attached hydrogen (secondary N) is 1. The van der Waals surface area contributed by atoms with Crippen LogP contribution in [0.15, 0.2) is 98.1 Å². The molecule has 3 aliphatic heterocycles. The number of rotatable bonds is 17. The second kappa shape index (κ2) is 17.0. The van der Waals surface area contributed by atoms with Crippen LogP contribution in [0.25, 0.3) is 10.8 Å². The average molecular weight is 803 g/mol. The molecule has 1 spiro atoms. The van der Waals surface area contributed by atoms with Gasteiger partial charge in [0.2, 0.25) is 11.8 Å². The van der Waals surface area contributed by atoms with Crippen molar-refractivity contribution in [1.82, 2.24) is 10.2 Å². The maximum atomic E-state index is 15.1. The van der Waals surface area contributed by atoms with E-state index in [4.69, 9.17) is 14.2 Å². The van der Waals surface area contributed by atoms with Crippen molar-refractivity contribution in [1.29, 1.82) is 0 Å². The zero-order valence-electron chi connectivity index (χ0n) is 30.6. The number of methoxy groups -OCH3 is 1. The Morgan fingerprint density at radius 3 is 2.48 bits per heavy atom. The number of benzene rings is 3. The van der Waals surface area contributed by atoms with Crippen molar-refractivity contribution >= 4 is 56.1 Å². The van der Waals surface area contributed by atoms with Crippen molar-refractivity contribution in [2.24, 2.45) is 11.8 Å². The van der Waals surface area contributed by atoms with Gasteiger partial charge in [-0.1, -0.05) is 95.7 Å². The first-order valence-electron chi connectivity index (χ1n) is 18.4. The number of ether oxygens (including phenoxy) is 3. The number of hydrogen-bond donors (Lipinski definition) is 2. The van der Waals surface area contributed by atoms with Gasteiger partial charge in [-0.2, -0.15) is 0 Å². The molecule has 3 aromatic rings. The van der Waals surface area contributed by atoms with E-state index in [2.05, 4.69) is 34.4 Å². The number of aliphatic hydroxyl groups excluding tert-OH is 1. The molecule has 3 saturated heterocycles. The van der Waals surface area contributed by atoms with Crippen LogP contribution in [0.2, 0.25) is 0 Å². The molecule has 54 heavy (non-hydrogen) atoms. The number of amides is 3. The number of hydrogen-bond acceptors (Lipinski definition) is 8. The summed E-state index contributed by atoms with van der Waals surface area (Å²) in [5.74, 6) is -3.96. The van der Waals surface area contributed by atoms with Gasteiger partial charge in [-0.05, 0) is 47.7 Å². The van der Waals surface area contributed by atoms with Crippen LogP contribution in [-0.4, -0.2) is 95.2 Å². The van der Waals surface area contributed by atoms with Gasteiger partial charge in [-0.3, -0.25) is 19.2 Å². The highest BCUT2D eigenvalue weighted by Gasteiger charge is 2.77. The number of nitrogens with zero attached hydrogens (tertiary/aromatic N) is 2. The maximum Gasteiger partial charge on any atom is 0.313 e. The number of allylic oxidation sites excluding steroid dienone is 1. The molecule has 3 fully saturated rings. The van der Waals surface area contributed by atoms with E-state index in [1.165, 1.54) is 12.0 Å². The highest BCUT2D eigenvalue weighted by atomic mass is 79.9. The minimum atomic E-state index is -1.40. The van der Waals surface area contributed by atoms with Crippen molar-refractivity contribution < 1.29 is 38.5 Å². The third-order valence-corrected chi connectivity index (χ3v) is 11.8. The number of fused-ring (bicyclic) bond motifs is 2. The van der Waals surface area contributed by atoms with Crippen molar-refractivity contribution in [2.75, 3.05) is 31.8 Å². The Hall–Kier alpha value is -4.36. The Bertz CT molecular complexity index is 1870. The van der Waals surface area contributed by atoms with E-state index < -0.39 is 65.6 Å². The molecule has 2 N–H and O–H groups in total. The topological polar surface area (TPSA) is 135 Å². The standard InChI is InChI=1S/C42H48BrN3O8/c1-5-8-18-33(48)44-32(25-52-4)36(27-15-10-9-11-16-27)53-41(51)34-35-39(49)46(29(7-3)24-47)38(42(35)23-31(43)37(34)54-42)40(50)45(21-6-2)30-20-19-26-14-12-13-17-28(26)22-30/h5-6,9-17,19-20,22,29,31-32,34-38,47H,1-2,7-8,18,21,23-25H2,3-4H3,(H,44,48)/t29-,31?,32-,34-,35+,36-,37-,38-,42+/m0/s1. The number of aliphatic hydroxyl groups is 1. The fraction of sp³-hybridized carbons (Fsp3) is 0.429. The summed E-state index contributed by atoms with van der Waals surface area (Å²) in [5, 5.41) is 15.5. The van der Waals surface area contributed by atoms with Crippen LogP contribution < -0.4 is 10.2 Å². The van der Waals surface area contributed by atoms with E-state index in [9.17, 15) is 19.5 Å². The SMILES string of the molecule is C=CCCC(=O)N[C@@H](COC)[C@@H](OC(=O)[C@@H]1[C@H]2O[C@@]3(CC2Br)[C@H](C(=O)N(CC=C)c2ccc4ccccc4c2)N([C@@H](CC)CO)C(=O)[C@@H]13)c1ccccc1. The van der Waals surface area contributed by atoms with Crippen molar-refractivity contribution in [3.63, 3.8) is 0 Å². The van der Waals surface area contributed by atoms with Crippen molar-refractivity contribution in [2.45, 2.75) is 73.4 Å². The van der Waals surface area contributed by atoms with E-state index in [1.54, 1.807) is 29.2 Å². The molecule has 286 valence electrons. The fourth-order valence-corrected chi connectivity index (χ4v) is 9.44. The molecule has 0 radical (unpaired) electrons. The largest absolute Gasteiger partial charge is 0.455 e. The molecular formula is C42H48BrN3O8. The highest BCUT2D eigenvalue weighted by Crippen LogP contribution is 2.61. The molecule has 1 unspecified atom stereocenters. The Labute approximate surface area is 324 Å². The minimum absolute atomic E-state index is 0.0393. The number of anilines is 1. The Morgan fingerprint density at radius 1 is 1.09 bits per heavy atom. The van der Waals surface area contributed by atoms with Crippen LogP contribution in [0.1, 0.15) is 44.3 Å². The van der Waals surface area contributed by atoms with Gasteiger partial charge in [0.1, 0.15) is 17.7 Å². The molecule has 3 heterocycles. The number of carbonyl (C=O) groups is 4. The number of halogens is 1. The maximum absolute atomic E-state index is 15.1. The summed E-state index contributed by atoms with van der Waals surface area (Å²) < 4.78 is 18.6. The fourth-order valence-electron chi connectivity index (χ4n) is 8.49. The lowest BCUT2D eigenvalue weighted by Crippen LogP contribution is -2.59. The minimum Gasteiger partial charge on any atom is -0.455 e. The van der Waals surface area contributed by atoms with Gasteiger partial charge < -0.3 is 34.4 Å². The second-order valence-corrected chi connectivity index (χ2v) is 15.3. The van der Waals surface area contributed by atoms with Crippen LogP contribution in [-0.2, 0) is 33.4 Å². The van der Waals surface area contributed by atoms with Gasteiger partial charge >= 0.3 is 5.97 Å². The van der Waals surface area contributed by atoms with Crippen LogP contribution in [0.5, 0.6) is 0 Å². The van der Waals surface area contributed by atoms with E-state index in [0.29, 0.717) is 24.1 Å². The first-order chi connectivity index (χ1) is 26.1. The molecule has 0 aliphatic carbocycles. The molecule has 3 amide bonds. The molecule has 0 saturated carbocycles. The van der Waals surface area contributed by atoms with Crippen molar-refractivity contribution in [3.05, 3.63) is 104 Å². The van der Waals surface area contributed by atoms with E-state index in [-0.39, 0.29) is 43.3 Å². The summed E-state index contributed by atoms with van der Waals surface area (Å²) in [5.41, 5.74) is -0.157. The first kappa shape index (κ1) is 39.3. The van der Waals surface area contributed by atoms with Gasteiger partial charge in [0.15, 0.2) is 0 Å². The van der Waals surface area contributed by atoms with E-state index in [1.807, 2.05) is 67.6 Å². The molecule has 9 atom stereocenters. The smallest absolute Gasteiger partial charge is 0.313 e. The molecule has 12 heteroatoms. The van der Waals surface area contributed by atoms with Gasteiger partial charge in [0.05, 0.1) is 43.2 Å². The van der Waals surface area contributed by atoms with Crippen LogP contribution in [0.3, 0.4) is 0 Å². The van der Waals surface area contributed by atoms with Crippen LogP contribution >= 0.6 is 15.9 Å². The summed E-state index contributed by atoms with van der Waals surface area (Å²) in [6, 6.07) is 20.0. The van der Waals surface area contributed by atoms with E-state index >= 15 is 4.79 Å². The quantitative estimate of drug-likeness (QED) is 0.107. The summed E-state index contributed by atoms with van der Waals surface area (Å²) in [6.07, 6.45) is 2.82. The summed E-state index contributed by atoms with van der Waals surface area (Å²) >= 11 is 3.75. The lowest BCUT2D eigenvalue weighted by molar-refractivity contribution is -0.163. The molecule has 3 aromatic carbocycles. The third kappa shape index (κ3) is 7.24. The predicted octanol–water partition coefficient (Wildman–Crippen LogP) is 5.26. The molecule has 0 aromatic heterocycles. The second-order valence-electron chi connectivity index (χ2n) is 14.1. The lowest BCUT2D eigenvalue weighted by Gasteiger charge is -2.39. The Balaban J connectivity index is 1.39. The number of likely N-dealkylation sites (tertiary alicyclic amines) is 1. The first-order valence-corrected chi connectivity index (χ1v) is 19.4. The number of alkyl halides is 1. The Kier molecular flexibility index (Phi) is 12.4. The number of carbonyl (C=O) groups excluding carboxylic acids is 4. The van der Waals surface area contributed by atoms with Crippen LogP contribution in [0.4, 0.5) is 5.69 Å². The summed E-state index contributed by atoms with van der Waals surface area (Å²) in [6.45, 7) is 9.26. The monoisotopic (exact) mass is 801 g/mol. The Morgan fingerprint density at radius 2 is 1.81 bits per heavy atom. The van der Waals surface area contributed by atoms with Crippen LogP contribution in [0, 0.1) is 11.8 Å². The van der Waals surface area contributed by atoms with Gasteiger partial charge in [0.25, 0.3) is 5.91 Å². The normalized spacial score (nSPS) is 25.8. The predicted molar refractivity (Wildman–Crippen MR) is 209 cm³/mol. The zero-order chi connectivity index (χ0) is 38.6. The number of esters is 1. The van der Waals surface area contributed by atoms with Crippen molar-refractivity contribution in [3.8, 4) is 0 Å². The zero-order valence-corrected chi connectivity index (χ0v) is 32.2. The molecule has 2 bridgehead atoms. The molecule has 6 rings (SSSR count). The third-order valence-electron chi connectivity index (χ3n) is 10.9. The molecule has 11 nitrogen and oxygen atoms in total. The highest BCUT2D eigenvalue weighted by molar-refractivity contribution is 9.09. The van der Waals surface area contributed by atoms with Gasteiger partial charge in [0, 0.05) is 30.6 Å². The van der Waals surface area contributed by atoms with E-state index in [0.717, 1.165) is 10.8 Å².